The van der Waals surface area contributed by atoms with Gasteiger partial charge in [-0.15, -0.1) is 0 Å². The van der Waals surface area contributed by atoms with Gasteiger partial charge in [-0.25, -0.2) is 0 Å². The summed E-state index contributed by atoms with van der Waals surface area (Å²) in [7, 11) is 0. The summed E-state index contributed by atoms with van der Waals surface area (Å²) in [5, 5.41) is 13.0. The van der Waals surface area contributed by atoms with Crippen molar-refractivity contribution >= 4 is 0 Å². The van der Waals surface area contributed by atoms with E-state index in [1.807, 2.05) is 43.6 Å². The molecule has 0 spiro atoms. The van der Waals surface area contributed by atoms with E-state index in [1.165, 1.54) is 5.56 Å². The van der Waals surface area contributed by atoms with Crippen molar-refractivity contribution in [2.75, 3.05) is 13.2 Å². The smallest absolute Gasteiger partial charge is 0.161 e. The lowest BCUT2D eigenvalue weighted by Crippen LogP contribution is -2.16. The maximum atomic E-state index is 9.64. The molecule has 1 aromatic heterocycles. The summed E-state index contributed by atoms with van der Waals surface area (Å²) in [4.78, 5) is 4.00. The van der Waals surface area contributed by atoms with Gasteiger partial charge < -0.3 is 15.2 Å². The third kappa shape index (κ3) is 4.24. The number of hydrogen-bond donors (Lipinski definition) is 2. The first-order valence-electron chi connectivity index (χ1n) is 6.84. The molecule has 0 unspecified atom stereocenters. The molecular weight excluding hydrogens is 252 g/mol. The van der Waals surface area contributed by atoms with Gasteiger partial charge >= 0.3 is 0 Å². The molecule has 0 radical (unpaired) electrons. The molecule has 0 saturated heterocycles. The third-order valence-corrected chi connectivity index (χ3v) is 2.99. The molecule has 0 aliphatic heterocycles. The van der Waals surface area contributed by atoms with Crippen LogP contribution in [0.15, 0.2) is 42.7 Å². The van der Waals surface area contributed by atoms with E-state index in [0.29, 0.717) is 12.4 Å². The largest absolute Gasteiger partial charge is 0.504 e. The van der Waals surface area contributed by atoms with Gasteiger partial charge in [0.2, 0.25) is 0 Å². The Morgan fingerprint density at radius 2 is 1.95 bits per heavy atom. The predicted octanol–water partition coefficient (Wildman–Crippen LogP) is 2.52. The van der Waals surface area contributed by atoms with Crippen LogP contribution in [0.25, 0.3) is 0 Å². The lowest BCUT2D eigenvalue weighted by molar-refractivity contribution is 0.317. The number of nitrogens with one attached hydrogen (secondary N) is 1. The number of phenolic OH excluding ortho intramolecular Hbond substituents is 1. The minimum atomic E-state index is 0.187. The lowest BCUT2D eigenvalue weighted by atomic mass is 10.2. The van der Waals surface area contributed by atoms with Gasteiger partial charge in [-0.1, -0.05) is 6.07 Å². The summed E-state index contributed by atoms with van der Waals surface area (Å²) in [6.45, 7) is 4.10. The van der Waals surface area contributed by atoms with Crippen molar-refractivity contribution in [3.8, 4) is 11.5 Å². The quantitative estimate of drug-likeness (QED) is 0.760. The highest BCUT2D eigenvalue weighted by Gasteiger charge is 2.03. The Labute approximate surface area is 119 Å². The first-order chi connectivity index (χ1) is 9.79. The normalized spacial score (nSPS) is 10.4. The molecule has 1 heterocycles. The molecule has 0 atom stereocenters. The van der Waals surface area contributed by atoms with Crippen LogP contribution in [0.3, 0.4) is 0 Å². The second-order valence-electron chi connectivity index (χ2n) is 4.52. The van der Waals surface area contributed by atoms with Crippen LogP contribution in [0.1, 0.15) is 18.1 Å². The molecule has 2 aromatic rings. The number of ether oxygens (including phenoxy) is 1. The van der Waals surface area contributed by atoms with Crippen LogP contribution in [-0.4, -0.2) is 23.2 Å². The number of rotatable bonds is 7. The third-order valence-electron chi connectivity index (χ3n) is 2.99. The van der Waals surface area contributed by atoms with Crippen molar-refractivity contribution < 1.29 is 9.84 Å². The minimum absolute atomic E-state index is 0.187. The Hall–Kier alpha value is -2.07. The van der Waals surface area contributed by atoms with Crippen LogP contribution >= 0.6 is 0 Å². The maximum Gasteiger partial charge on any atom is 0.161 e. The number of aromatic hydroxyl groups is 1. The van der Waals surface area contributed by atoms with Crippen molar-refractivity contribution in [2.24, 2.45) is 0 Å². The van der Waals surface area contributed by atoms with E-state index in [1.54, 1.807) is 6.07 Å². The average Bonchev–Trinajstić information content (AvgIpc) is 2.48. The molecule has 2 rings (SSSR count). The number of benzene rings is 1. The molecule has 1 aromatic carbocycles. The summed E-state index contributed by atoms with van der Waals surface area (Å²) in [5.74, 6) is 0.730. The van der Waals surface area contributed by atoms with Crippen LogP contribution in [0.4, 0.5) is 0 Å². The summed E-state index contributed by atoms with van der Waals surface area (Å²) in [5.41, 5.74) is 2.37. The van der Waals surface area contributed by atoms with E-state index in [-0.39, 0.29) is 5.75 Å². The highest BCUT2D eigenvalue weighted by Crippen LogP contribution is 2.26. The van der Waals surface area contributed by atoms with E-state index in [2.05, 4.69) is 10.3 Å². The first kappa shape index (κ1) is 14.3. The average molecular weight is 272 g/mol. The molecule has 0 aliphatic carbocycles. The molecular formula is C16H20N2O2. The second-order valence-corrected chi connectivity index (χ2v) is 4.52. The van der Waals surface area contributed by atoms with E-state index in [9.17, 15) is 5.11 Å². The fraction of sp³-hybridized carbons (Fsp3) is 0.312. The monoisotopic (exact) mass is 272 g/mol. The van der Waals surface area contributed by atoms with Gasteiger partial charge in [0.1, 0.15) is 0 Å². The number of phenols is 1. The molecule has 0 amide bonds. The zero-order valence-electron chi connectivity index (χ0n) is 11.7. The van der Waals surface area contributed by atoms with Crippen LogP contribution < -0.4 is 10.1 Å². The van der Waals surface area contributed by atoms with Crippen molar-refractivity contribution in [3.63, 3.8) is 0 Å². The zero-order valence-corrected chi connectivity index (χ0v) is 11.7. The van der Waals surface area contributed by atoms with E-state index in [4.69, 9.17) is 4.74 Å². The SMILES string of the molecule is CCOc1cc(CNCCc2ccncc2)ccc1O. The van der Waals surface area contributed by atoms with Crippen LogP contribution in [-0.2, 0) is 13.0 Å². The van der Waals surface area contributed by atoms with E-state index >= 15 is 0 Å². The van der Waals surface area contributed by atoms with Gasteiger partial charge in [0, 0.05) is 18.9 Å². The highest BCUT2D eigenvalue weighted by atomic mass is 16.5. The molecule has 106 valence electrons. The summed E-state index contributed by atoms with van der Waals surface area (Å²) >= 11 is 0. The van der Waals surface area contributed by atoms with Gasteiger partial charge in [0.25, 0.3) is 0 Å². The maximum absolute atomic E-state index is 9.64. The van der Waals surface area contributed by atoms with Crippen LogP contribution in [0, 0.1) is 0 Å². The molecule has 0 aliphatic rings. The Balaban J connectivity index is 1.80. The standard InChI is InChI=1S/C16H20N2O2/c1-2-20-16-11-14(3-4-15(16)19)12-18-10-7-13-5-8-17-9-6-13/h3-6,8-9,11,18-19H,2,7,10,12H2,1H3. The minimum Gasteiger partial charge on any atom is -0.504 e. The Bertz CT molecular complexity index is 529. The van der Waals surface area contributed by atoms with Crippen molar-refractivity contribution in [1.29, 1.82) is 0 Å². The summed E-state index contributed by atoms with van der Waals surface area (Å²) in [6, 6.07) is 9.49. The molecule has 4 heteroatoms. The van der Waals surface area contributed by atoms with Gasteiger partial charge in [0.15, 0.2) is 11.5 Å². The molecule has 0 fully saturated rings. The van der Waals surface area contributed by atoms with Crippen molar-refractivity contribution in [2.45, 2.75) is 19.9 Å². The van der Waals surface area contributed by atoms with E-state index in [0.717, 1.165) is 25.1 Å². The van der Waals surface area contributed by atoms with Gasteiger partial charge in [0.05, 0.1) is 6.61 Å². The number of aromatic nitrogens is 1. The predicted molar refractivity (Wildman–Crippen MR) is 78.9 cm³/mol. The summed E-state index contributed by atoms with van der Waals surface area (Å²) in [6.07, 6.45) is 4.59. The van der Waals surface area contributed by atoms with Crippen molar-refractivity contribution in [3.05, 3.63) is 53.9 Å². The molecule has 20 heavy (non-hydrogen) atoms. The van der Waals surface area contributed by atoms with Crippen LogP contribution in [0.5, 0.6) is 11.5 Å². The highest BCUT2D eigenvalue weighted by molar-refractivity contribution is 5.41. The van der Waals surface area contributed by atoms with Crippen LogP contribution in [0.2, 0.25) is 0 Å². The first-order valence-corrected chi connectivity index (χ1v) is 6.84. The molecule has 0 saturated carbocycles. The molecule has 2 N–H and O–H groups in total. The zero-order chi connectivity index (χ0) is 14.2. The Morgan fingerprint density at radius 1 is 1.15 bits per heavy atom. The fourth-order valence-corrected chi connectivity index (χ4v) is 1.95. The Morgan fingerprint density at radius 3 is 2.70 bits per heavy atom. The molecule has 0 bridgehead atoms. The van der Waals surface area contributed by atoms with Gasteiger partial charge in [-0.05, 0) is 55.3 Å². The Kier molecular flexibility index (Phi) is 5.38. The molecule has 4 nitrogen and oxygen atoms in total. The van der Waals surface area contributed by atoms with Gasteiger partial charge in [-0.3, -0.25) is 4.98 Å². The fourth-order valence-electron chi connectivity index (χ4n) is 1.95. The topological polar surface area (TPSA) is 54.4 Å². The number of hydrogen-bond acceptors (Lipinski definition) is 4. The number of pyridine rings is 1. The second kappa shape index (κ2) is 7.50. The number of nitrogens with zero attached hydrogens (tertiary/aromatic N) is 1. The lowest BCUT2D eigenvalue weighted by Gasteiger charge is -2.09. The summed E-state index contributed by atoms with van der Waals surface area (Å²) < 4.78 is 5.37. The van der Waals surface area contributed by atoms with Gasteiger partial charge in [-0.2, -0.15) is 0 Å². The van der Waals surface area contributed by atoms with Crippen molar-refractivity contribution in [1.82, 2.24) is 10.3 Å². The van der Waals surface area contributed by atoms with E-state index < -0.39 is 0 Å².